The smallest absolute Gasteiger partial charge is 0.160 e. The lowest BCUT2D eigenvalue weighted by molar-refractivity contribution is -0.119. The molecule has 7 heteroatoms. The SMILES string of the molecule is Cc1cc(-c2c(C)nn(CC(=O)Cc3ccc(-c4cnccn4)cn3)c2C)ccn1. The number of carbonyl (C=O) groups excluding carboxylic acids is 1. The molecular formula is C23H22N6O. The van der Waals surface area contributed by atoms with Crippen molar-refractivity contribution < 1.29 is 4.79 Å². The molecule has 0 aliphatic heterocycles. The number of rotatable bonds is 6. The van der Waals surface area contributed by atoms with Crippen LogP contribution < -0.4 is 0 Å². The lowest BCUT2D eigenvalue weighted by Crippen LogP contribution is -2.15. The van der Waals surface area contributed by atoms with E-state index in [9.17, 15) is 4.79 Å². The van der Waals surface area contributed by atoms with Crippen LogP contribution in [0.1, 0.15) is 22.8 Å². The summed E-state index contributed by atoms with van der Waals surface area (Å²) in [6.07, 6.45) is 8.73. The van der Waals surface area contributed by atoms with Gasteiger partial charge in [-0.1, -0.05) is 0 Å². The van der Waals surface area contributed by atoms with Gasteiger partial charge in [-0.05, 0) is 50.6 Å². The van der Waals surface area contributed by atoms with Gasteiger partial charge in [0.25, 0.3) is 0 Å². The Morgan fingerprint density at radius 3 is 2.50 bits per heavy atom. The monoisotopic (exact) mass is 398 g/mol. The molecule has 0 saturated carbocycles. The molecule has 0 aliphatic rings. The van der Waals surface area contributed by atoms with Gasteiger partial charge in [0.1, 0.15) is 6.54 Å². The highest BCUT2D eigenvalue weighted by molar-refractivity contribution is 5.81. The quantitative estimate of drug-likeness (QED) is 0.494. The summed E-state index contributed by atoms with van der Waals surface area (Å²) in [7, 11) is 0. The Morgan fingerprint density at radius 1 is 0.933 bits per heavy atom. The van der Waals surface area contributed by atoms with E-state index in [2.05, 4.69) is 25.0 Å². The maximum absolute atomic E-state index is 12.7. The molecule has 30 heavy (non-hydrogen) atoms. The molecule has 0 unspecified atom stereocenters. The topological polar surface area (TPSA) is 86.5 Å². The van der Waals surface area contributed by atoms with E-state index in [1.165, 1.54) is 0 Å². The molecule has 0 aromatic carbocycles. The molecule has 0 atom stereocenters. The Kier molecular flexibility index (Phi) is 5.43. The fourth-order valence-electron chi connectivity index (χ4n) is 3.52. The van der Waals surface area contributed by atoms with Crippen molar-refractivity contribution in [2.45, 2.75) is 33.7 Å². The Balaban J connectivity index is 1.48. The number of hydrogen-bond acceptors (Lipinski definition) is 6. The van der Waals surface area contributed by atoms with Gasteiger partial charge < -0.3 is 0 Å². The number of aromatic nitrogens is 6. The highest BCUT2D eigenvalue weighted by Gasteiger charge is 2.16. The van der Waals surface area contributed by atoms with E-state index in [4.69, 9.17) is 0 Å². The van der Waals surface area contributed by atoms with Crippen molar-refractivity contribution in [1.82, 2.24) is 29.7 Å². The summed E-state index contributed by atoms with van der Waals surface area (Å²) in [5.41, 5.74) is 7.29. The van der Waals surface area contributed by atoms with Gasteiger partial charge in [0.15, 0.2) is 5.78 Å². The number of Topliss-reactive ketones (excluding diaryl/α,β-unsaturated/α-hetero) is 1. The first-order valence-corrected chi connectivity index (χ1v) is 9.71. The van der Waals surface area contributed by atoms with Crippen molar-refractivity contribution in [2.75, 3.05) is 0 Å². The maximum atomic E-state index is 12.7. The Bertz CT molecular complexity index is 1180. The molecule has 4 rings (SSSR count). The molecule has 4 aromatic rings. The number of carbonyl (C=O) groups is 1. The van der Waals surface area contributed by atoms with Crippen molar-refractivity contribution in [3.05, 3.63) is 78.0 Å². The van der Waals surface area contributed by atoms with E-state index >= 15 is 0 Å². The predicted molar refractivity (Wildman–Crippen MR) is 114 cm³/mol. The molecule has 0 bridgehead atoms. The fraction of sp³-hybridized carbons (Fsp3) is 0.217. The van der Waals surface area contributed by atoms with Crippen LogP contribution in [0.4, 0.5) is 0 Å². The van der Waals surface area contributed by atoms with E-state index in [0.29, 0.717) is 0 Å². The average Bonchev–Trinajstić information content (AvgIpc) is 3.02. The molecule has 0 spiro atoms. The molecule has 0 saturated heterocycles. The van der Waals surface area contributed by atoms with Gasteiger partial charge in [-0.15, -0.1) is 0 Å². The summed E-state index contributed by atoms with van der Waals surface area (Å²) in [4.78, 5) is 29.7. The molecule has 0 fully saturated rings. The summed E-state index contributed by atoms with van der Waals surface area (Å²) < 4.78 is 1.77. The summed E-state index contributed by atoms with van der Waals surface area (Å²) in [6, 6.07) is 7.77. The number of hydrogen-bond donors (Lipinski definition) is 0. The lowest BCUT2D eigenvalue weighted by Gasteiger charge is -2.06. The molecule has 0 amide bonds. The van der Waals surface area contributed by atoms with Gasteiger partial charge >= 0.3 is 0 Å². The first-order valence-electron chi connectivity index (χ1n) is 9.71. The third-order valence-electron chi connectivity index (χ3n) is 4.95. The predicted octanol–water partition coefficient (Wildman–Crippen LogP) is 3.53. The van der Waals surface area contributed by atoms with E-state index in [1.807, 2.05) is 45.0 Å². The first-order chi connectivity index (χ1) is 14.5. The fourth-order valence-corrected chi connectivity index (χ4v) is 3.52. The van der Waals surface area contributed by atoms with Crippen LogP contribution in [-0.4, -0.2) is 35.5 Å². The molecule has 0 N–H and O–H groups in total. The molecule has 0 aliphatic carbocycles. The van der Waals surface area contributed by atoms with Crippen molar-refractivity contribution in [3.63, 3.8) is 0 Å². The minimum atomic E-state index is 0.0535. The Morgan fingerprint density at radius 2 is 1.80 bits per heavy atom. The Labute approximate surface area is 174 Å². The zero-order chi connectivity index (χ0) is 21.1. The largest absolute Gasteiger partial charge is 0.297 e. The summed E-state index contributed by atoms with van der Waals surface area (Å²) in [6.45, 7) is 6.13. The van der Waals surface area contributed by atoms with Crippen LogP contribution in [0, 0.1) is 20.8 Å². The van der Waals surface area contributed by atoms with Crippen LogP contribution in [0.5, 0.6) is 0 Å². The molecule has 4 heterocycles. The van der Waals surface area contributed by atoms with Gasteiger partial charge in [0.05, 0.1) is 24.0 Å². The summed E-state index contributed by atoms with van der Waals surface area (Å²) in [5.74, 6) is 0.0535. The third-order valence-corrected chi connectivity index (χ3v) is 4.95. The maximum Gasteiger partial charge on any atom is 0.160 e. The van der Waals surface area contributed by atoms with Crippen LogP contribution in [0.25, 0.3) is 22.4 Å². The number of pyridine rings is 2. The van der Waals surface area contributed by atoms with Crippen molar-refractivity contribution in [3.8, 4) is 22.4 Å². The molecule has 0 radical (unpaired) electrons. The van der Waals surface area contributed by atoms with Crippen molar-refractivity contribution in [1.29, 1.82) is 0 Å². The number of nitrogens with zero attached hydrogens (tertiary/aromatic N) is 6. The van der Waals surface area contributed by atoms with Crippen molar-refractivity contribution >= 4 is 5.78 Å². The minimum absolute atomic E-state index is 0.0535. The zero-order valence-electron chi connectivity index (χ0n) is 17.2. The van der Waals surface area contributed by atoms with Gasteiger partial charge in [0, 0.05) is 53.0 Å². The van der Waals surface area contributed by atoms with E-state index in [-0.39, 0.29) is 18.7 Å². The third kappa shape index (κ3) is 4.15. The number of ketones is 1. The second-order valence-electron chi connectivity index (χ2n) is 7.23. The van der Waals surface area contributed by atoms with Crippen molar-refractivity contribution in [2.24, 2.45) is 0 Å². The van der Waals surface area contributed by atoms with E-state index < -0.39 is 0 Å². The van der Waals surface area contributed by atoms with Crippen LogP contribution in [0.15, 0.2) is 55.2 Å². The van der Waals surface area contributed by atoms with Crippen LogP contribution in [-0.2, 0) is 17.8 Å². The molecule has 4 aromatic heterocycles. The highest BCUT2D eigenvalue weighted by Crippen LogP contribution is 2.27. The normalized spacial score (nSPS) is 10.9. The summed E-state index contributed by atoms with van der Waals surface area (Å²) in [5, 5.41) is 4.59. The molecule has 150 valence electrons. The van der Waals surface area contributed by atoms with Gasteiger partial charge in [-0.25, -0.2) is 0 Å². The second-order valence-corrected chi connectivity index (χ2v) is 7.23. The van der Waals surface area contributed by atoms with Gasteiger partial charge in [-0.3, -0.25) is 29.4 Å². The van der Waals surface area contributed by atoms with Gasteiger partial charge in [-0.2, -0.15) is 5.10 Å². The Hall–Kier alpha value is -3.74. The lowest BCUT2D eigenvalue weighted by atomic mass is 10.0. The molecular weight excluding hydrogens is 376 g/mol. The van der Waals surface area contributed by atoms with Crippen LogP contribution in [0.3, 0.4) is 0 Å². The van der Waals surface area contributed by atoms with Crippen LogP contribution in [0.2, 0.25) is 0 Å². The standard InChI is InChI=1S/C23H22N6O/c1-15-10-18(6-7-25-15)23-16(2)28-29(17(23)3)14-21(30)11-20-5-4-19(12-27-20)22-13-24-8-9-26-22/h4-10,12-13H,11,14H2,1-3H3. The number of aryl methyl sites for hydroxylation is 2. The summed E-state index contributed by atoms with van der Waals surface area (Å²) >= 11 is 0. The van der Waals surface area contributed by atoms with Crippen LogP contribution >= 0.6 is 0 Å². The zero-order valence-corrected chi connectivity index (χ0v) is 17.2. The minimum Gasteiger partial charge on any atom is -0.297 e. The van der Waals surface area contributed by atoms with E-state index in [1.54, 1.807) is 35.7 Å². The van der Waals surface area contributed by atoms with E-state index in [0.717, 1.165) is 45.2 Å². The highest BCUT2D eigenvalue weighted by atomic mass is 16.1. The first kappa shape index (κ1) is 19.6. The average molecular weight is 398 g/mol. The van der Waals surface area contributed by atoms with Gasteiger partial charge in [0.2, 0.25) is 0 Å². The molecule has 7 nitrogen and oxygen atoms in total. The second kappa shape index (κ2) is 8.32.